The van der Waals surface area contributed by atoms with Gasteiger partial charge in [0.25, 0.3) is 0 Å². The van der Waals surface area contributed by atoms with E-state index in [4.69, 9.17) is 7.85 Å². The summed E-state index contributed by atoms with van der Waals surface area (Å²) in [7, 11) is 3.70. The van der Waals surface area contributed by atoms with E-state index in [1.807, 2.05) is 0 Å². The number of halogens is 2. The summed E-state index contributed by atoms with van der Waals surface area (Å²) in [6, 6.07) is 3.99. The first-order valence-corrected chi connectivity index (χ1v) is 9.51. The second kappa shape index (κ2) is 5.65. The lowest BCUT2D eigenvalue weighted by molar-refractivity contribution is -0.286. The zero-order valence-electron chi connectivity index (χ0n) is 14.2. The van der Waals surface area contributed by atoms with Crippen molar-refractivity contribution in [1.82, 2.24) is 14.5 Å². The van der Waals surface area contributed by atoms with Crippen LogP contribution in [-0.4, -0.2) is 42.8 Å². The molecule has 0 spiro atoms. The van der Waals surface area contributed by atoms with Gasteiger partial charge in [0.15, 0.2) is 27.2 Å². The first-order valence-electron chi connectivity index (χ1n) is 7.86. The fraction of sp³-hybridized carbons (Fsp3) is 0.250. The van der Waals surface area contributed by atoms with Gasteiger partial charge in [0, 0.05) is 25.4 Å². The monoisotopic (exact) mass is 391 g/mol. The van der Waals surface area contributed by atoms with Crippen LogP contribution in [0.3, 0.4) is 0 Å². The van der Waals surface area contributed by atoms with Crippen molar-refractivity contribution < 1.29 is 26.7 Å². The lowest BCUT2D eigenvalue weighted by Gasteiger charge is -2.10. The maximum absolute atomic E-state index is 13.2. The maximum Gasteiger partial charge on any atom is 0.586 e. The molecule has 2 radical (unpaired) electrons. The van der Waals surface area contributed by atoms with Crippen molar-refractivity contribution in [2.45, 2.75) is 18.1 Å². The van der Waals surface area contributed by atoms with E-state index in [0.717, 1.165) is 0 Å². The molecule has 2 aromatic heterocycles. The highest BCUT2D eigenvalue weighted by Crippen LogP contribution is 2.43. The molecular weight excluding hydrogens is 379 g/mol. The van der Waals surface area contributed by atoms with Gasteiger partial charge in [-0.05, 0) is 6.07 Å². The number of aryl methyl sites for hydroxylation is 1. The van der Waals surface area contributed by atoms with Gasteiger partial charge in [-0.2, -0.15) is 0 Å². The van der Waals surface area contributed by atoms with Gasteiger partial charge >= 0.3 is 6.29 Å². The Balaban J connectivity index is 1.94. The summed E-state index contributed by atoms with van der Waals surface area (Å²) >= 11 is 0. The normalized spacial score (nSPS) is 15.4. The van der Waals surface area contributed by atoms with E-state index in [2.05, 4.69) is 19.4 Å². The molecule has 0 saturated carbocycles. The van der Waals surface area contributed by atoms with Crippen LogP contribution in [0.15, 0.2) is 29.3 Å². The summed E-state index contributed by atoms with van der Waals surface area (Å²) in [5.74, 6) is -0.176. The van der Waals surface area contributed by atoms with Crippen LogP contribution in [-0.2, 0) is 16.9 Å². The summed E-state index contributed by atoms with van der Waals surface area (Å²) in [5, 5.41) is 0. The molecule has 27 heavy (non-hydrogen) atoms. The van der Waals surface area contributed by atoms with Crippen LogP contribution in [0.1, 0.15) is 6.92 Å². The average molecular weight is 391 g/mol. The highest BCUT2D eigenvalue weighted by atomic mass is 32.2. The minimum absolute atomic E-state index is 0.0463. The Morgan fingerprint density at radius 1 is 1.22 bits per heavy atom. The van der Waals surface area contributed by atoms with Gasteiger partial charge < -0.3 is 14.0 Å². The third kappa shape index (κ3) is 2.82. The number of benzene rings is 1. The van der Waals surface area contributed by atoms with Gasteiger partial charge in [-0.15, -0.1) is 8.78 Å². The second-order valence-corrected chi connectivity index (χ2v) is 8.22. The number of hydrogen-bond acceptors (Lipinski definition) is 6. The molecule has 1 aliphatic rings. The number of ether oxygens (including phenoxy) is 2. The number of hydrogen-bond donors (Lipinski definition) is 0. The number of pyridine rings is 1. The fourth-order valence-electron chi connectivity index (χ4n) is 2.87. The first kappa shape index (κ1) is 17.7. The van der Waals surface area contributed by atoms with Crippen molar-refractivity contribution in [3.63, 3.8) is 0 Å². The van der Waals surface area contributed by atoms with Crippen molar-refractivity contribution in [2.24, 2.45) is 7.05 Å². The number of alkyl halides is 2. The van der Waals surface area contributed by atoms with Gasteiger partial charge in [0.1, 0.15) is 13.5 Å². The van der Waals surface area contributed by atoms with Crippen molar-refractivity contribution in [1.29, 1.82) is 0 Å². The molecule has 0 bridgehead atoms. The smallest absolute Gasteiger partial charge is 0.395 e. The molecule has 0 unspecified atom stereocenters. The van der Waals surface area contributed by atoms with E-state index in [9.17, 15) is 17.2 Å². The zero-order chi connectivity index (χ0) is 19.6. The third-order valence-electron chi connectivity index (χ3n) is 4.20. The van der Waals surface area contributed by atoms with E-state index in [1.165, 1.54) is 31.3 Å². The Hall–Kier alpha value is -2.69. The Morgan fingerprint density at radius 2 is 1.89 bits per heavy atom. The molecular formula is C16H12BF2N3O4S. The number of nitrogens with zero attached hydrogens (tertiary/aromatic N) is 3. The maximum atomic E-state index is 13.2. The Kier molecular flexibility index (Phi) is 3.71. The molecule has 0 fully saturated rings. The molecule has 11 heteroatoms. The molecule has 3 heterocycles. The van der Waals surface area contributed by atoms with Crippen LogP contribution in [0, 0.1) is 0 Å². The topological polar surface area (TPSA) is 83.3 Å². The van der Waals surface area contributed by atoms with Crippen LogP contribution in [0.2, 0.25) is 0 Å². The quantitative estimate of drug-likeness (QED) is 0.630. The first-order chi connectivity index (χ1) is 12.6. The molecule has 1 aromatic carbocycles. The van der Waals surface area contributed by atoms with Crippen molar-refractivity contribution in [3.8, 4) is 23.0 Å². The van der Waals surface area contributed by atoms with Crippen molar-refractivity contribution in [3.05, 3.63) is 24.4 Å². The average Bonchev–Trinajstić information content (AvgIpc) is 3.07. The van der Waals surface area contributed by atoms with E-state index < -0.39 is 16.1 Å². The number of sulfone groups is 1. The predicted molar refractivity (Wildman–Crippen MR) is 93.3 cm³/mol. The second-order valence-electron chi connectivity index (χ2n) is 5.97. The summed E-state index contributed by atoms with van der Waals surface area (Å²) in [6.45, 7) is 1.51. The standard InChI is InChI=1S/C16H12BF2N3O4S/c1-3-27(23,24)13-4-8(17)7-20-14(13)15-21-9-5-11-12(6-10(9)22(15)2)26-16(18,19)25-11/h4-7H,3H2,1-2H3. The molecule has 0 N–H and O–H groups in total. The summed E-state index contributed by atoms with van der Waals surface area (Å²) in [4.78, 5) is 8.47. The molecule has 1 aliphatic heterocycles. The molecule has 3 aromatic rings. The van der Waals surface area contributed by atoms with E-state index in [0.29, 0.717) is 11.0 Å². The Bertz CT molecular complexity index is 1190. The van der Waals surface area contributed by atoms with Crippen LogP contribution < -0.4 is 14.9 Å². The van der Waals surface area contributed by atoms with Crippen LogP contribution in [0.5, 0.6) is 11.5 Å². The fourth-order valence-corrected chi connectivity index (χ4v) is 3.93. The molecule has 0 amide bonds. The van der Waals surface area contributed by atoms with Crippen molar-refractivity contribution >= 4 is 34.2 Å². The van der Waals surface area contributed by atoms with Crippen LogP contribution >= 0.6 is 0 Å². The van der Waals surface area contributed by atoms with Crippen LogP contribution in [0.25, 0.3) is 22.6 Å². The Morgan fingerprint density at radius 3 is 2.56 bits per heavy atom. The highest BCUT2D eigenvalue weighted by molar-refractivity contribution is 7.91. The minimum Gasteiger partial charge on any atom is -0.395 e. The number of rotatable bonds is 3. The minimum atomic E-state index is -3.73. The largest absolute Gasteiger partial charge is 0.586 e. The lowest BCUT2D eigenvalue weighted by atomic mass is 9.99. The SMILES string of the molecule is [B]c1cnc(-c2nc3cc4c(cc3n2C)OC(F)(F)O4)c(S(=O)(=O)CC)c1. The van der Waals surface area contributed by atoms with E-state index >= 15 is 0 Å². The summed E-state index contributed by atoms with van der Waals surface area (Å²) < 4.78 is 61.8. The van der Waals surface area contributed by atoms with Gasteiger partial charge in [-0.25, -0.2) is 13.4 Å². The Labute approximate surface area is 154 Å². The van der Waals surface area contributed by atoms with Gasteiger partial charge in [-0.3, -0.25) is 4.98 Å². The summed E-state index contributed by atoms with van der Waals surface area (Å²) in [5.41, 5.74) is 1.10. The molecule has 4 rings (SSSR count). The van der Waals surface area contributed by atoms with Gasteiger partial charge in [0.2, 0.25) is 0 Å². The van der Waals surface area contributed by atoms with Gasteiger partial charge in [-0.1, -0.05) is 12.4 Å². The van der Waals surface area contributed by atoms with Gasteiger partial charge in [0.05, 0.1) is 21.7 Å². The number of aromatic nitrogens is 3. The molecule has 138 valence electrons. The van der Waals surface area contributed by atoms with Crippen LogP contribution in [0.4, 0.5) is 8.78 Å². The molecule has 0 saturated heterocycles. The predicted octanol–water partition coefficient (Wildman–Crippen LogP) is 1.54. The summed E-state index contributed by atoms with van der Waals surface area (Å²) in [6.07, 6.45) is -2.40. The zero-order valence-corrected chi connectivity index (χ0v) is 15.0. The van der Waals surface area contributed by atoms with E-state index in [-0.39, 0.29) is 39.1 Å². The molecule has 0 atom stereocenters. The molecule has 0 aliphatic carbocycles. The van der Waals surface area contributed by atoms with Crippen molar-refractivity contribution in [2.75, 3.05) is 5.75 Å². The number of fused-ring (bicyclic) bond motifs is 2. The highest BCUT2D eigenvalue weighted by Gasteiger charge is 2.44. The molecule has 7 nitrogen and oxygen atoms in total. The lowest BCUT2D eigenvalue weighted by Crippen LogP contribution is -2.25. The number of imidazole rings is 1. The van der Waals surface area contributed by atoms with E-state index in [1.54, 1.807) is 11.6 Å². The third-order valence-corrected chi connectivity index (χ3v) is 5.95.